The number of halogens is 2. The molecular weight excluding hydrogens is 271 g/mol. The summed E-state index contributed by atoms with van der Waals surface area (Å²) in [5.74, 6) is 2.04. The summed E-state index contributed by atoms with van der Waals surface area (Å²) < 4.78 is 5.68. The summed E-state index contributed by atoms with van der Waals surface area (Å²) in [6.45, 7) is 2.81. The van der Waals surface area contributed by atoms with Crippen molar-refractivity contribution in [3.05, 3.63) is 46.6 Å². The minimum Gasteiger partial charge on any atom is -0.457 e. The van der Waals surface area contributed by atoms with Crippen molar-refractivity contribution in [1.82, 2.24) is 4.98 Å². The molecule has 5 heteroatoms. The lowest BCUT2D eigenvalue weighted by Crippen LogP contribution is -1.98. The lowest BCUT2D eigenvalue weighted by molar-refractivity contribution is 0.482. The smallest absolute Gasteiger partial charge is 0.132 e. The van der Waals surface area contributed by atoms with Gasteiger partial charge >= 0.3 is 0 Å². The van der Waals surface area contributed by atoms with Crippen LogP contribution >= 0.6 is 23.2 Å². The molecular formula is C13H12Cl2N2O. The Kier molecular flexibility index (Phi) is 4.28. The van der Waals surface area contributed by atoms with Crippen molar-refractivity contribution in [2.24, 2.45) is 0 Å². The standard InChI is InChI=1S/C13H12Cl2N2O/c1-2-16-13-8-11(3-4-17-13)18-12-6-9(14)5-10(15)7-12/h3-8H,2H2,1H3,(H,16,17). The Bertz CT molecular complexity index is 526. The molecule has 0 unspecified atom stereocenters. The molecule has 1 N–H and O–H groups in total. The molecule has 0 aliphatic heterocycles. The first-order chi connectivity index (χ1) is 8.67. The van der Waals surface area contributed by atoms with Gasteiger partial charge in [0.25, 0.3) is 0 Å². The van der Waals surface area contributed by atoms with E-state index in [0.29, 0.717) is 21.5 Å². The topological polar surface area (TPSA) is 34.1 Å². The van der Waals surface area contributed by atoms with Gasteiger partial charge in [-0.15, -0.1) is 0 Å². The molecule has 3 nitrogen and oxygen atoms in total. The summed E-state index contributed by atoms with van der Waals surface area (Å²) in [7, 11) is 0. The number of nitrogens with zero attached hydrogens (tertiary/aromatic N) is 1. The molecule has 0 saturated carbocycles. The van der Waals surface area contributed by atoms with Crippen LogP contribution in [0.1, 0.15) is 6.92 Å². The Labute approximate surface area is 116 Å². The molecule has 94 valence electrons. The number of hydrogen-bond acceptors (Lipinski definition) is 3. The van der Waals surface area contributed by atoms with E-state index in [1.54, 1.807) is 30.5 Å². The van der Waals surface area contributed by atoms with Crippen LogP contribution in [0.5, 0.6) is 11.5 Å². The van der Waals surface area contributed by atoms with Gasteiger partial charge in [-0.3, -0.25) is 0 Å². The summed E-state index contributed by atoms with van der Waals surface area (Å²) >= 11 is 11.8. The van der Waals surface area contributed by atoms with Gasteiger partial charge in [-0.2, -0.15) is 0 Å². The number of hydrogen-bond donors (Lipinski definition) is 1. The van der Waals surface area contributed by atoms with E-state index in [9.17, 15) is 0 Å². The second kappa shape index (κ2) is 5.94. The lowest BCUT2D eigenvalue weighted by atomic mass is 10.3. The van der Waals surface area contributed by atoms with Crippen molar-refractivity contribution in [3.63, 3.8) is 0 Å². The zero-order valence-electron chi connectivity index (χ0n) is 9.78. The second-order valence-corrected chi connectivity index (χ2v) is 4.49. The quantitative estimate of drug-likeness (QED) is 0.889. The molecule has 0 spiro atoms. The molecule has 0 amide bonds. The number of ether oxygens (including phenoxy) is 1. The molecule has 2 aromatic rings. The predicted octanol–water partition coefficient (Wildman–Crippen LogP) is 4.61. The number of benzene rings is 1. The molecule has 1 heterocycles. The van der Waals surface area contributed by atoms with Gasteiger partial charge in [0, 0.05) is 28.9 Å². The molecule has 0 aliphatic rings. The minimum atomic E-state index is 0.540. The van der Waals surface area contributed by atoms with E-state index in [4.69, 9.17) is 27.9 Å². The fourth-order valence-electron chi connectivity index (χ4n) is 1.48. The molecule has 1 aromatic carbocycles. The fourth-order valence-corrected chi connectivity index (χ4v) is 1.98. The molecule has 0 atom stereocenters. The van der Waals surface area contributed by atoms with E-state index in [1.807, 2.05) is 13.0 Å². The number of aromatic nitrogens is 1. The van der Waals surface area contributed by atoms with Gasteiger partial charge in [0.05, 0.1) is 0 Å². The van der Waals surface area contributed by atoms with Crippen molar-refractivity contribution >= 4 is 29.0 Å². The van der Waals surface area contributed by atoms with E-state index >= 15 is 0 Å². The van der Waals surface area contributed by atoms with Crippen molar-refractivity contribution in [2.45, 2.75) is 6.92 Å². The predicted molar refractivity (Wildman–Crippen MR) is 74.9 cm³/mol. The van der Waals surface area contributed by atoms with Gasteiger partial charge in [-0.05, 0) is 31.2 Å². The maximum absolute atomic E-state index is 5.91. The highest BCUT2D eigenvalue weighted by molar-refractivity contribution is 6.34. The summed E-state index contributed by atoms with van der Waals surface area (Å²) in [5.41, 5.74) is 0. The van der Waals surface area contributed by atoms with Gasteiger partial charge in [-0.1, -0.05) is 23.2 Å². The van der Waals surface area contributed by atoms with Crippen LogP contribution < -0.4 is 10.1 Å². The number of pyridine rings is 1. The second-order valence-electron chi connectivity index (χ2n) is 3.61. The third-order valence-corrected chi connectivity index (χ3v) is 2.60. The Hall–Kier alpha value is -1.45. The molecule has 0 radical (unpaired) electrons. The summed E-state index contributed by atoms with van der Waals surface area (Å²) in [4.78, 5) is 4.16. The maximum Gasteiger partial charge on any atom is 0.132 e. The van der Waals surface area contributed by atoms with Crippen molar-refractivity contribution in [3.8, 4) is 11.5 Å². The normalized spacial score (nSPS) is 10.2. The van der Waals surface area contributed by atoms with E-state index in [-0.39, 0.29) is 0 Å². The average Bonchev–Trinajstić information content (AvgIpc) is 2.28. The average molecular weight is 283 g/mol. The van der Waals surface area contributed by atoms with Gasteiger partial charge in [0.2, 0.25) is 0 Å². The Morgan fingerprint density at radius 2 is 1.83 bits per heavy atom. The van der Waals surface area contributed by atoms with E-state index in [1.165, 1.54) is 0 Å². The third-order valence-electron chi connectivity index (χ3n) is 2.16. The highest BCUT2D eigenvalue weighted by atomic mass is 35.5. The number of nitrogens with one attached hydrogen (secondary N) is 1. The van der Waals surface area contributed by atoms with E-state index < -0.39 is 0 Å². The molecule has 0 aliphatic carbocycles. The van der Waals surface area contributed by atoms with Gasteiger partial charge in [0.1, 0.15) is 17.3 Å². The van der Waals surface area contributed by atoms with Crippen molar-refractivity contribution < 1.29 is 4.74 Å². The monoisotopic (exact) mass is 282 g/mol. The number of anilines is 1. The van der Waals surface area contributed by atoms with Gasteiger partial charge < -0.3 is 10.1 Å². The highest BCUT2D eigenvalue weighted by Gasteiger charge is 2.02. The summed E-state index contributed by atoms with van der Waals surface area (Å²) in [6, 6.07) is 8.67. The molecule has 0 saturated heterocycles. The van der Waals surface area contributed by atoms with Crippen LogP contribution in [-0.2, 0) is 0 Å². The summed E-state index contributed by atoms with van der Waals surface area (Å²) in [6.07, 6.45) is 1.68. The Morgan fingerprint density at radius 3 is 2.50 bits per heavy atom. The van der Waals surface area contributed by atoms with Crippen LogP contribution in [0, 0.1) is 0 Å². The molecule has 18 heavy (non-hydrogen) atoms. The van der Waals surface area contributed by atoms with Crippen LogP contribution in [0.15, 0.2) is 36.5 Å². The van der Waals surface area contributed by atoms with E-state index in [0.717, 1.165) is 12.4 Å². The van der Waals surface area contributed by atoms with Crippen LogP contribution in [0.3, 0.4) is 0 Å². The maximum atomic E-state index is 5.91. The minimum absolute atomic E-state index is 0.540. The molecule has 1 aromatic heterocycles. The SMILES string of the molecule is CCNc1cc(Oc2cc(Cl)cc(Cl)c2)ccn1. The van der Waals surface area contributed by atoms with Crippen LogP contribution in [0.4, 0.5) is 5.82 Å². The first kappa shape index (κ1) is 13.0. The largest absolute Gasteiger partial charge is 0.457 e. The Balaban J connectivity index is 2.20. The van der Waals surface area contributed by atoms with Crippen LogP contribution in [-0.4, -0.2) is 11.5 Å². The van der Waals surface area contributed by atoms with Crippen LogP contribution in [0.25, 0.3) is 0 Å². The van der Waals surface area contributed by atoms with Crippen LogP contribution in [0.2, 0.25) is 10.0 Å². The lowest BCUT2D eigenvalue weighted by Gasteiger charge is -2.08. The first-order valence-electron chi connectivity index (χ1n) is 5.51. The Morgan fingerprint density at radius 1 is 1.11 bits per heavy atom. The zero-order chi connectivity index (χ0) is 13.0. The molecule has 0 bridgehead atoms. The summed E-state index contributed by atoms with van der Waals surface area (Å²) in [5, 5.41) is 4.19. The third kappa shape index (κ3) is 3.52. The zero-order valence-corrected chi connectivity index (χ0v) is 11.3. The first-order valence-corrected chi connectivity index (χ1v) is 6.27. The fraction of sp³-hybridized carbons (Fsp3) is 0.154. The molecule has 2 rings (SSSR count). The van der Waals surface area contributed by atoms with E-state index in [2.05, 4.69) is 10.3 Å². The highest BCUT2D eigenvalue weighted by Crippen LogP contribution is 2.28. The van der Waals surface area contributed by atoms with Crippen molar-refractivity contribution in [1.29, 1.82) is 0 Å². The van der Waals surface area contributed by atoms with Gasteiger partial charge in [0.15, 0.2) is 0 Å². The van der Waals surface area contributed by atoms with Crippen molar-refractivity contribution in [2.75, 3.05) is 11.9 Å². The number of rotatable bonds is 4. The van der Waals surface area contributed by atoms with Gasteiger partial charge in [-0.25, -0.2) is 4.98 Å². The molecule has 0 fully saturated rings.